The van der Waals surface area contributed by atoms with Crippen molar-refractivity contribution in [2.45, 2.75) is 19.3 Å². The molecule has 1 aromatic heterocycles. The molecule has 0 radical (unpaired) electrons. The molecule has 0 aliphatic heterocycles. The summed E-state index contributed by atoms with van der Waals surface area (Å²) in [6.45, 7) is 0.509. The second kappa shape index (κ2) is 6.53. The molecule has 0 saturated heterocycles. The molecule has 2 rings (SSSR count). The lowest BCUT2D eigenvalue weighted by Crippen LogP contribution is -2.26. The number of carbonyl (C=O) groups excluding carboxylic acids is 1. The summed E-state index contributed by atoms with van der Waals surface area (Å²) >= 11 is 0. The fourth-order valence-corrected chi connectivity index (χ4v) is 1.71. The van der Waals surface area contributed by atoms with Crippen LogP contribution in [0.4, 0.5) is 5.69 Å². The second-order valence-corrected chi connectivity index (χ2v) is 4.19. The Kier molecular flexibility index (Phi) is 4.49. The van der Waals surface area contributed by atoms with E-state index in [9.17, 15) is 4.79 Å². The van der Waals surface area contributed by atoms with Gasteiger partial charge in [-0.3, -0.25) is 4.79 Å². The first-order chi connectivity index (χ1) is 9.24. The first kappa shape index (κ1) is 13.1. The lowest BCUT2D eigenvalue weighted by molar-refractivity contribution is -0.121. The molecule has 0 aliphatic carbocycles. The monoisotopic (exact) mass is 260 g/mol. The molecular weight excluding hydrogens is 244 g/mol. The highest BCUT2D eigenvalue weighted by Gasteiger charge is 2.03. The SMILES string of the molecule is Nc1cccc(CCC(=O)NCCc2ncon2)c1. The molecule has 0 fully saturated rings. The Morgan fingerprint density at radius 3 is 3.00 bits per heavy atom. The van der Waals surface area contributed by atoms with Crippen LogP contribution in [0.25, 0.3) is 0 Å². The number of rotatable bonds is 6. The molecule has 6 nitrogen and oxygen atoms in total. The average molecular weight is 260 g/mol. The van der Waals surface area contributed by atoms with Crippen molar-refractivity contribution in [1.82, 2.24) is 15.5 Å². The van der Waals surface area contributed by atoms with Gasteiger partial charge in [-0.2, -0.15) is 4.98 Å². The largest absolute Gasteiger partial charge is 0.399 e. The summed E-state index contributed by atoms with van der Waals surface area (Å²) in [4.78, 5) is 15.5. The highest BCUT2D eigenvalue weighted by molar-refractivity contribution is 5.76. The number of amides is 1. The summed E-state index contributed by atoms with van der Waals surface area (Å²) in [5.74, 6) is 0.599. The Morgan fingerprint density at radius 1 is 1.37 bits per heavy atom. The number of aromatic nitrogens is 2. The molecule has 2 aromatic rings. The van der Waals surface area contributed by atoms with Gasteiger partial charge in [0.05, 0.1) is 0 Å². The van der Waals surface area contributed by atoms with Gasteiger partial charge >= 0.3 is 0 Å². The molecule has 0 atom stereocenters. The summed E-state index contributed by atoms with van der Waals surface area (Å²) in [5.41, 5.74) is 7.46. The summed E-state index contributed by atoms with van der Waals surface area (Å²) in [6, 6.07) is 7.56. The minimum atomic E-state index is 0.00548. The molecule has 0 unspecified atom stereocenters. The third kappa shape index (κ3) is 4.42. The predicted molar refractivity (Wildman–Crippen MR) is 70.2 cm³/mol. The van der Waals surface area contributed by atoms with Crippen LogP contribution >= 0.6 is 0 Å². The van der Waals surface area contributed by atoms with Gasteiger partial charge in [0.2, 0.25) is 12.3 Å². The quantitative estimate of drug-likeness (QED) is 0.754. The van der Waals surface area contributed by atoms with Crippen molar-refractivity contribution in [2.24, 2.45) is 0 Å². The van der Waals surface area contributed by atoms with E-state index in [1.807, 2.05) is 24.3 Å². The number of hydrogen-bond acceptors (Lipinski definition) is 5. The van der Waals surface area contributed by atoms with Gasteiger partial charge in [-0.05, 0) is 24.1 Å². The summed E-state index contributed by atoms with van der Waals surface area (Å²) < 4.78 is 4.60. The van der Waals surface area contributed by atoms with Crippen molar-refractivity contribution in [3.63, 3.8) is 0 Å². The normalized spacial score (nSPS) is 10.3. The standard InChI is InChI=1S/C13H16N4O2/c14-11-3-1-2-10(8-11)4-5-13(18)15-7-6-12-16-9-19-17-12/h1-3,8-9H,4-7,14H2,(H,15,18). The van der Waals surface area contributed by atoms with Crippen molar-refractivity contribution in [3.05, 3.63) is 42.0 Å². The maximum atomic E-state index is 11.6. The Morgan fingerprint density at radius 2 is 2.26 bits per heavy atom. The van der Waals surface area contributed by atoms with Crippen LogP contribution in [0.3, 0.4) is 0 Å². The van der Waals surface area contributed by atoms with E-state index < -0.39 is 0 Å². The van der Waals surface area contributed by atoms with Gasteiger partial charge < -0.3 is 15.6 Å². The number of nitrogens with zero attached hydrogens (tertiary/aromatic N) is 2. The highest BCUT2D eigenvalue weighted by Crippen LogP contribution is 2.08. The molecule has 0 bridgehead atoms. The Hall–Kier alpha value is -2.37. The summed E-state index contributed by atoms with van der Waals surface area (Å²) in [6.07, 6.45) is 2.96. The molecule has 1 aromatic carbocycles. The van der Waals surface area contributed by atoms with Crippen LogP contribution in [0.5, 0.6) is 0 Å². The molecule has 3 N–H and O–H groups in total. The molecule has 100 valence electrons. The van der Waals surface area contributed by atoms with E-state index in [0.29, 0.717) is 31.6 Å². The van der Waals surface area contributed by atoms with E-state index in [4.69, 9.17) is 5.73 Å². The predicted octanol–water partition coefficient (Wildman–Crippen LogP) is 0.943. The topological polar surface area (TPSA) is 94.0 Å². The fourth-order valence-electron chi connectivity index (χ4n) is 1.71. The smallest absolute Gasteiger partial charge is 0.220 e. The average Bonchev–Trinajstić information content (AvgIpc) is 2.90. The third-order valence-corrected chi connectivity index (χ3v) is 2.67. The lowest BCUT2D eigenvalue weighted by atomic mass is 10.1. The molecule has 6 heteroatoms. The first-order valence-electron chi connectivity index (χ1n) is 6.10. The van der Waals surface area contributed by atoms with E-state index in [2.05, 4.69) is 20.0 Å². The van der Waals surface area contributed by atoms with Gasteiger partial charge in [0.15, 0.2) is 5.82 Å². The van der Waals surface area contributed by atoms with Crippen molar-refractivity contribution in [3.8, 4) is 0 Å². The minimum Gasteiger partial charge on any atom is -0.399 e. The highest BCUT2D eigenvalue weighted by atomic mass is 16.5. The number of anilines is 1. The third-order valence-electron chi connectivity index (χ3n) is 2.67. The zero-order valence-electron chi connectivity index (χ0n) is 10.5. The molecule has 19 heavy (non-hydrogen) atoms. The van der Waals surface area contributed by atoms with E-state index in [-0.39, 0.29) is 5.91 Å². The van der Waals surface area contributed by atoms with Gasteiger partial charge in [0, 0.05) is 25.1 Å². The maximum absolute atomic E-state index is 11.6. The van der Waals surface area contributed by atoms with Crippen molar-refractivity contribution >= 4 is 11.6 Å². The number of carbonyl (C=O) groups is 1. The van der Waals surface area contributed by atoms with Crippen LogP contribution in [0.1, 0.15) is 17.8 Å². The van der Waals surface area contributed by atoms with Gasteiger partial charge in [-0.15, -0.1) is 0 Å². The Bertz CT molecular complexity index is 525. The van der Waals surface area contributed by atoms with E-state index in [0.717, 1.165) is 11.3 Å². The van der Waals surface area contributed by atoms with Crippen LogP contribution in [0.2, 0.25) is 0 Å². The summed E-state index contributed by atoms with van der Waals surface area (Å²) in [7, 11) is 0. The van der Waals surface area contributed by atoms with Gasteiger partial charge in [0.25, 0.3) is 0 Å². The van der Waals surface area contributed by atoms with Crippen LogP contribution in [0.15, 0.2) is 35.2 Å². The first-order valence-corrected chi connectivity index (χ1v) is 6.10. The number of nitrogens with two attached hydrogens (primary N) is 1. The number of aryl methyl sites for hydroxylation is 1. The van der Waals surface area contributed by atoms with Gasteiger partial charge in [0.1, 0.15) is 0 Å². The zero-order valence-corrected chi connectivity index (χ0v) is 10.5. The number of hydrogen-bond donors (Lipinski definition) is 2. The number of nitrogen functional groups attached to an aromatic ring is 1. The number of nitrogens with one attached hydrogen (secondary N) is 1. The summed E-state index contributed by atoms with van der Waals surface area (Å²) in [5, 5.41) is 6.48. The van der Waals surface area contributed by atoms with E-state index >= 15 is 0 Å². The van der Waals surface area contributed by atoms with Crippen molar-refractivity contribution in [1.29, 1.82) is 0 Å². The zero-order chi connectivity index (χ0) is 13.5. The molecule has 1 heterocycles. The minimum absolute atomic E-state index is 0.00548. The Balaban J connectivity index is 1.67. The maximum Gasteiger partial charge on any atom is 0.220 e. The van der Waals surface area contributed by atoms with Gasteiger partial charge in [-0.25, -0.2) is 0 Å². The van der Waals surface area contributed by atoms with Gasteiger partial charge in [-0.1, -0.05) is 17.3 Å². The van der Waals surface area contributed by atoms with Crippen LogP contribution < -0.4 is 11.1 Å². The molecule has 0 spiro atoms. The van der Waals surface area contributed by atoms with Crippen LogP contribution in [0, 0.1) is 0 Å². The number of benzene rings is 1. The van der Waals surface area contributed by atoms with Crippen LogP contribution in [-0.4, -0.2) is 22.6 Å². The lowest BCUT2D eigenvalue weighted by Gasteiger charge is -2.04. The molecular formula is C13H16N4O2. The van der Waals surface area contributed by atoms with E-state index in [1.54, 1.807) is 0 Å². The fraction of sp³-hybridized carbons (Fsp3) is 0.308. The van der Waals surface area contributed by atoms with Crippen molar-refractivity contribution in [2.75, 3.05) is 12.3 Å². The second-order valence-electron chi connectivity index (χ2n) is 4.19. The van der Waals surface area contributed by atoms with E-state index in [1.165, 1.54) is 6.39 Å². The molecule has 0 saturated carbocycles. The van der Waals surface area contributed by atoms with Crippen LogP contribution in [-0.2, 0) is 17.6 Å². The molecule has 1 amide bonds. The molecule has 0 aliphatic rings. The Labute approximate surface area is 111 Å². The van der Waals surface area contributed by atoms with Crippen molar-refractivity contribution < 1.29 is 9.32 Å².